The second kappa shape index (κ2) is 14.0. The van der Waals surface area contributed by atoms with E-state index in [0.29, 0.717) is 5.82 Å². The number of pyridine rings is 1. The molecule has 0 fully saturated rings. The van der Waals surface area contributed by atoms with E-state index in [1.54, 1.807) is 0 Å². The Morgan fingerprint density at radius 2 is 0.983 bits per heavy atom. The number of furan rings is 1. The third kappa shape index (κ3) is 5.70. The lowest BCUT2D eigenvalue weighted by molar-refractivity contribution is 0.669. The number of fused-ring (bicyclic) bond motifs is 8. The molecule has 60 heavy (non-hydrogen) atoms. The molecule has 0 N–H and O–H groups in total. The quantitative estimate of drug-likeness (QED) is 0.169. The van der Waals surface area contributed by atoms with E-state index in [1.807, 2.05) is 35.6 Å². The van der Waals surface area contributed by atoms with Crippen LogP contribution in [0.5, 0.6) is 0 Å². The molecule has 0 aliphatic heterocycles. The van der Waals surface area contributed by atoms with Gasteiger partial charge in [-0.2, -0.15) is 0 Å². The standard InChI is InChI=1S/C55H33N3OS/c1-3-14-34(15-4-1)35-28-30-36(31-29-35)40-22-12-25-45-50-44-21-7-9-26-48(44)59-53(50)51(58-52(40)45)38-18-11-19-39(32-38)55-56-46(37-16-5-2-6-17-37)33-47(57-55)43-24-13-23-42-41-20-8-10-27-49(41)60-54(42)43/h1-33H. The molecule has 0 atom stereocenters. The summed E-state index contributed by atoms with van der Waals surface area (Å²) in [6.07, 6.45) is 0. The van der Waals surface area contributed by atoms with Gasteiger partial charge in [0.1, 0.15) is 11.3 Å². The van der Waals surface area contributed by atoms with Gasteiger partial charge in [0.2, 0.25) is 0 Å². The van der Waals surface area contributed by atoms with Gasteiger partial charge in [-0.3, -0.25) is 0 Å². The number of benzene rings is 8. The topological polar surface area (TPSA) is 51.8 Å². The minimum atomic E-state index is 0.646. The largest absolute Gasteiger partial charge is 0.454 e. The highest BCUT2D eigenvalue weighted by Gasteiger charge is 2.21. The van der Waals surface area contributed by atoms with Crippen LogP contribution < -0.4 is 0 Å². The fourth-order valence-electron chi connectivity index (χ4n) is 8.63. The molecule has 280 valence electrons. The van der Waals surface area contributed by atoms with Crippen molar-refractivity contribution in [2.75, 3.05) is 0 Å². The Hall–Kier alpha value is -7.73. The van der Waals surface area contributed by atoms with E-state index in [0.717, 1.165) is 83.3 Å². The number of thiophene rings is 1. The van der Waals surface area contributed by atoms with Crippen molar-refractivity contribution >= 4 is 64.4 Å². The number of para-hydroxylation sites is 2. The average Bonchev–Trinajstić information content (AvgIpc) is 3.91. The van der Waals surface area contributed by atoms with Crippen molar-refractivity contribution in [3.05, 3.63) is 200 Å². The molecule has 0 aliphatic rings. The Morgan fingerprint density at radius 3 is 1.82 bits per heavy atom. The number of nitrogens with zero attached hydrogens (tertiary/aromatic N) is 3. The van der Waals surface area contributed by atoms with Crippen LogP contribution in [-0.2, 0) is 0 Å². The van der Waals surface area contributed by atoms with Crippen LogP contribution in [0.25, 0.3) is 120 Å². The lowest BCUT2D eigenvalue weighted by Crippen LogP contribution is -1.97. The first-order chi connectivity index (χ1) is 29.7. The molecular weight excluding hydrogens is 751 g/mol. The van der Waals surface area contributed by atoms with Crippen LogP contribution >= 0.6 is 11.3 Å². The monoisotopic (exact) mass is 783 g/mol. The summed E-state index contributed by atoms with van der Waals surface area (Å²) in [6, 6.07) is 70.1. The minimum Gasteiger partial charge on any atom is -0.454 e. The number of hydrogen-bond donors (Lipinski definition) is 0. The van der Waals surface area contributed by atoms with E-state index in [2.05, 4.69) is 176 Å². The average molecular weight is 784 g/mol. The van der Waals surface area contributed by atoms with Crippen LogP contribution in [-0.4, -0.2) is 15.0 Å². The normalized spacial score (nSPS) is 11.7. The van der Waals surface area contributed by atoms with E-state index in [-0.39, 0.29) is 0 Å². The van der Waals surface area contributed by atoms with Crippen LogP contribution in [0, 0.1) is 0 Å². The van der Waals surface area contributed by atoms with E-state index in [1.165, 1.54) is 31.3 Å². The van der Waals surface area contributed by atoms with Gasteiger partial charge in [0.25, 0.3) is 0 Å². The summed E-state index contributed by atoms with van der Waals surface area (Å²) in [7, 11) is 0. The second-order valence-electron chi connectivity index (χ2n) is 15.1. The van der Waals surface area contributed by atoms with E-state index >= 15 is 0 Å². The summed E-state index contributed by atoms with van der Waals surface area (Å²) in [5.41, 5.74) is 13.5. The molecule has 4 nitrogen and oxygen atoms in total. The number of rotatable bonds is 6. The third-order valence-electron chi connectivity index (χ3n) is 11.5. The van der Waals surface area contributed by atoms with Gasteiger partial charge in [-0.25, -0.2) is 15.0 Å². The highest BCUT2D eigenvalue weighted by atomic mass is 32.1. The predicted molar refractivity (Wildman–Crippen MR) is 250 cm³/mol. The molecular formula is C55H33N3OS. The lowest BCUT2D eigenvalue weighted by Gasteiger charge is -2.13. The van der Waals surface area contributed by atoms with Crippen molar-refractivity contribution < 1.29 is 4.42 Å². The maximum Gasteiger partial charge on any atom is 0.162 e. The predicted octanol–water partition coefficient (Wildman–Crippen LogP) is 15.3. The maximum absolute atomic E-state index is 6.73. The molecule has 0 unspecified atom stereocenters. The second-order valence-corrected chi connectivity index (χ2v) is 16.1. The van der Waals surface area contributed by atoms with Gasteiger partial charge in [-0.1, -0.05) is 176 Å². The first-order valence-corrected chi connectivity index (χ1v) is 20.9. The van der Waals surface area contributed by atoms with E-state index < -0.39 is 0 Å². The summed E-state index contributed by atoms with van der Waals surface area (Å²) in [6.45, 7) is 0. The Morgan fingerprint density at radius 1 is 0.383 bits per heavy atom. The number of aromatic nitrogens is 3. The van der Waals surface area contributed by atoms with Gasteiger partial charge in [-0.15, -0.1) is 11.3 Å². The molecule has 0 bridgehead atoms. The molecule has 0 saturated heterocycles. The molecule has 0 aliphatic carbocycles. The third-order valence-corrected chi connectivity index (χ3v) is 12.7. The molecule has 12 rings (SSSR count). The molecule has 4 heterocycles. The SMILES string of the molecule is c1ccc(-c2ccc(-c3cccc4c3nc(-c3cccc(-c5nc(-c6ccccc6)cc(-c6cccc7c6sc6ccccc67)n5)c3)c3oc5ccccc5c34)cc2)cc1. The van der Waals surface area contributed by atoms with Crippen molar-refractivity contribution in [1.29, 1.82) is 0 Å². The zero-order valence-electron chi connectivity index (χ0n) is 32.2. The van der Waals surface area contributed by atoms with Crippen LogP contribution in [0.15, 0.2) is 205 Å². The first kappa shape index (κ1) is 34.3. The maximum atomic E-state index is 6.73. The summed E-state index contributed by atoms with van der Waals surface area (Å²) in [5.74, 6) is 0.646. The van der Waals surface area contributed by atoms with Crippen LogP contribution in [0.2, 0.25) is 0 Å². The molecule has 0 saturated carbocycles. The Balaban J connectivity index is 1.05. The summed E-state index contributed by atoms with van der Waals surface area (Å²) in [4.78, 5) is 16.1. The Bertz CT molecular complexity index is 3590. The van der Waals surface area contributed by atoms with Gasteiger partial charge in [0.05, 0.1) is 16.9 Å². The molecule has 4 aromatic heterocycles. The van der Waals surface area contributed by atoms with Crippen molar-refractivity contribution in [2.45, 2.75) is 0 Å². The van der Waals surface area contributed by atoms with Crippen LogP contribution in [0.3, 0.4) is 0 Å². The minimum absolute atomic E-state index is 0.646. The molecule has 0 spiro atoms. The zero-order chi connectivity index (χ0) is 39.6. The highest BCUT2D eigenvalue weighted by molar-refractivity contribution is 7.26. The zero-order valence-corrected chi connectivity index (χ0v) is 33.0. The molecule has 12 aromatic rings. The fourth-order valence-corrected chi connectivity index (χ4v) is 9.86. The molecule has 0 amide bonds. The first-order valence-electron chi connectivity index (χ1n) is 20.1. The van der Waals surface area contributed by atoms with Gasteiger partial charge < -0.3 is 4.42 Å². The van der Waals surface area contributed by atoms with Gasteiger partial charge >= 0.3 is 0 Å². The summed E-state index contributed by atoms with van der Waals surface area (Å²) < 4.78 is 9.21. The molecule has 5 heteroatoms. The molecule has 0 radical (unpaired) electrons. The summed E-state index contributed by atoms with van der Waals surface area (Å²) >= 11 is 1.81. The van der Waals surface area contributed by atoms with Crippen molar-refractivity contribution in [2.24, 2.45) is 0 Å². The van der Waals surface area contributed by atoms with Gasteiger partial charge in [0, 0.05) is 64.1 Å². The van der Waals surface area contributed by atoms with Crippen LogP contribution in [0.4, 0.5) is 0 Å². The smallest absolute Gasteiger partial charge is 0.162 e. The lowest BCUT2D eigenvalue weighted by atomic mass is 9.96. The Kier molecular flexibility index (Phi) is 8.00. The molecule has 8 aromatic carbocycles. The number of hydrogen-bond acceptors (Lipinski definition) is 5. The van der Waals surface area contributed by atoms with Crippen molar-refractivity contribution in [3.8, 4) is 67.4 Å². The van der Waals surface area contributed by atoms with Crippen molar-refractivity contribution in [3.63, 3.8) is 0 Å². The van der Waals surface area contributed by atoms with Gasteiger partial charge in [-0.05, 0) is 41.0 Å². The highest BCUT2D eigenvalue weighted by Crippen LogP contribution is 2.44. The van der Waals surface area contributed by atoms with E-state index in [9.17, 15) is 0 Å². The fraction of sp³-hybridized carbons (Fsp3) is 0. The summed E-state index contributed by atoms with van der Waals surface area (Å²) in [5, 5.41) is 5.67. The van der Waals surface area contributed by atoms with Gasteiger partial charge in [0.15, 0.2) is 11.4 Å². The van der Waals surface area contributed by atoms with E-state index in [4.69, 9.17) is 19.4 Å². The Labute approximate surface area is 349 Å². The van der Waals surface area contributed by atoms with Crippen LogP contribution in [0.1, 0.15) is 0 Å². The van der Waals surface area contributed by atoms with Crippen molar-refractivity contribution in [1.82, 2.24) is 15.0 Å².